The van der Waals surface area contributed by atoms with Gasteiger partial charge >= 0.3 is 11.8 Å². The molecule has 0 radical (unpaired) electrons. The number of aryl methyl sites for hydroxylation is 1. The zero-order valence-corrected chi connectivity index (χ0v) is 6.55. The monoisotopic (exact) mass is 188 g/mol. The maximum Gasteiger partial charge on any atom is 0.390 e. The highest BCUT2D eigenvalue weighted by Crippen LogP contribution is 2.11. The normalized spacial score (nSPS) is 14.1. The number of esters is 1. The summed E-state index contributed by atoms with van der Waals surface area (Å²) in [6.45, 7) is -2.78. The van der Waals surface area contributed by atoms with Gasteiger partial charge in [0.2, 0.25) is 0 Å². The van der Waals surface area contributed by atoms with Crippen LogP contribution in [0.5, 0.6) is 0 Å². The average Bonchev–Trinajstić information content (AvgIpc) is 2.60. The molecule has 0 atom stereocenters. The van der Waals surface area contributed by atoms with E-state index in [1.54, 1.807) is 0 Å². The third-order valence-corrected chi connectivity index (χ3v) is 1.28. The van der Waals surface area contributed by atoms with Gasteiger partial charge in [-0.15, -0.1) is 0 Å². The predicted octanol–water partition coefficient (Wildman–Crippen LogP) is 0.115. The summed E-state index contributed by atoms with van der Waals surface area (Å²) in [5.74, 6) is -1.73. The topological polar surface area (TPSA) is 87.3 Å². The maximum atomic E-state index is 11.2. The summed E-state index contributed by atoms with van der Waals surface area (Å²) in [7, 11) is 1.03. The van der Waals surface area contributed by atoms with Gasteiger partial charge in [-0.3, -0.25) is 0 Å². The molecule has 0 aliphatic carbocycles. The summed E-state index contributed by atoms with van der Waals surface area (Å²) in [5, 5.41) is 13.6. The number of aromatic nitrogens is 2. The van der Waals surface area contributed by atoms with Crippen LogP contribution in [-0.2, 0) is 11.7 Å². The Kier molecular flexibility index (Phi) is 1.40. The first-order valence-corrected chi connectivity index (χ1v) is 3.10. The minimum absolute atomic E-state index is 0.289. The number of methoxy groups -OCH3 is 1. The van der Waals surface area contributed by atoms with E-state index in [9.17, 15) is 14.9 Å². The quantitative estimate of drug-likeness (QED) is 0.373. The molecule has 1 rings (SSSR count). The molecular weight excluding hydrogens is 178 g/mol. The summed E-state index contributed by atoms with van der Waals surface area (Å²) in [5.41, 5.74) is -0.491. The van der Waals surface area contributed by atoms with Crippen molar-refractivity contribution in [2.75, 3.05) is 7.11 Å². The number of ether oxygens (including phenoxy) is 1. The van der Waals surface area contributed by atoms with Crippen molar-refractivity contribution in [3.8, 4) is 0 Å². The first-order chi connectivity index (χ1) is 7.27. The van der Waals surface area contributed by atoms with Crippen molar-refractivity contribution < 1.29 is 18.6 Å². The van der Waals surface area contributed by atoms with E-state index < -0.39 is 29.4 Å². The van der Waals surface area contributed by atoms with Crippen molar-refractivity contribution in [2.45, 2.75) is 0 Å². The Morgan fingerprint density at radius 2 is 2.62 bits per heavy atom. The van der Waals surface area contributed by atoms with E-state index in [-0.39, 0.29) is 4.68 Å². The molecule has 0 spiro atoms. The van der Waals surface area contributed by atoms with Gasteiger partial charge in [0.25, 0.3) is 0 Å². The molecule has 1 heterocycles. The molecule has 1 aromatic rings. The van der Waals surface area contributed by atoms with Gasteiger partial charge in [0, 0.05) is 4.11 Å². The third kappa shape index (κ3) is 1.63. The number of hydrogen-bond acceptors (Lipinski definition) is 5. The number of rotatable bonds is 2. The molecule has 0 unspecified atom stereocenters. The summed E-state index contributed by atoms with van der Waals surface area (Å²) in [6.07, 6.45) is 0. The molecule has 0 fully saturated rings. The van der Waals surface area contributed by atoms with E-state index >= 15 is 0 Å². The van der Waals surface area contributed by atoms with Gasteiger partial charge in [-0.1, -0.05) is 0 Å². The maximum absolute atomic E-state index is 11.2. The molecule has 0 bridgehead atoms. The fourth-order valence-electron chi connectivity index (χ4n) is 0.708. The molecule has 1 aromatic heterocycles. The predicted molar refractivity (Wildman–Crippen MR) is 41.2 cm³/mol. The van der Waals surface area contributed by atoms with Crippen molar-refractivity contribution in [1.29, 1.82) is 0 Å². The van der Waals surface area contributed by atoms with Crippen LogP contribution >= 0.6 is 0 Å². The average molecular weight is 188 g/mol. The van der Waals surface area contributed by atoms with Crippen molar-refractivity contribution in [1.82, 2.24) is 9.78 Å². The standard InChI is InChI=1S/C6H7N3O4/c1-8-4(6(10)13-2)3-5(7-8)9(11)12/h3H,1-2H3/i1D3. The van der Waals surface area contributed by atoms with Crippen LogP contribution in [0.3, 0.4) is 0 Å². The van der Waals surface area contributed by atoms with E-state index in [0.717, 1.165) is 13.2 Å². The first-order valence-electron chi connectivity index (χ1n) is 4.60. The lowest BCUT2D eigenvalue weighted by molar-refractivity contribution is -0.389. The van der Waals surface area contributed by atoms with Crippen LogP contribution in [0.4, 0.5) is 5.82 Å². The SMILES string of the molecule is [2H]C([2H])([2H])n1nc([N+](=O)[O-])cc1C(=O)OC. The van der Waals surface area contributed by atoms with Crippen LogP contribution in [-0.4, -0.2) is 27.8 Å². The van der Waals surface area contributed by atoms with Crippen LogP contribution in [0.15, 0.2) is 6.07 Å². The highest BCUT2D eigenvalue weighted by molar-refractivity contribution is 5.87. The number of nitrogens with zero attached hydrogens (tertiary/aromatic N) is 3. The minimum atomic E-state index is -2.78. The molecule has 0 aliphatic heterocycles. The second kappa shape index (κ2) is 3.21. The second-order valence-corrected chi connectivity index (χ2v) is 2.05. The molecule has 0 saturated carbocycles. The van der Waals surface area contributed by atoms with E-state index in [0.29, 0.717) is 0 Å². The number of hydrogen-bond donors (Lipinski definition) is 0. The van der Waals surface area contributed by atoms with E-state index in [4.69, 9.17) is 4.11 Å². The number of carbonyl (C=O) groups excluding carboxylic acids is 1. The first kappa shape index (κ1) is 5.68. The molecule has 0 aromatic carbocycles. The van der Waals surface area contributed by atoms with E-state index in [1.165, 1.54) is 0 Å². The highest BCUT2D eigenvalue weighted by atomic mass is 16.6. The Balaban J connectivity index is 3.34. The number of carbonyl (C=O) groups is 1. The van der Waals surface area contributed by atoms with Crippen molar-refractivity contribution in [2.24, 2.45) is 6.98 Å². The zero-order valence-electron chi connectivity index (χ0n) is 9.55. The Bertz CT molecular complexity index is 439. The fraction of sp³-hybridized carbons (Fsp3) is 0.333. The highest BCUT2D eigenvalue weighted by Gasteiger charge is 2.20. The van der Waals surface area contributed by atoms with Gasteiger partial charge in [0.05, 0.1) is 25.3 Å². The van der Waals surface area contributed by atoms with Crippen LogP contribution in [0.25, 0.3) is 0 Å². The largest absolute Gasteiger partial charge is 0.464 e. The van der Waals surface area contributed by atoms with Crippen LogP contribution in [0, 0.1) is 10.1 Å². The van der Waals surface area contributed by atoms with Gasteiger partial charge in [0.1, 0.15) is 0 Å². The lowest BCUT2D eigenvalue weighted by Gasteiger charge is -1.93. The molecule has 0 saturated heterocycles. The minimum Gasteiger partial charge on any atom is -0.464 e. The molecule has 0 aliphatic rings. The molecule has 7 nitrogen and oxygen atoms in total. The Labute approximate surface area is 77.3 Å². The van der Waals surface area contributed by atoms with Crippen molar-refractivity contribution >= 4 is 11.8 Å². The van der Waals surface area contributed by atoms with Crippen molar-refractivity contribution in [3.05, 3.63) is 21.9 Å². The molecule has 0 amide bonds. The molecular formula is C6H7N3O4. The van der Waals surface area contributed by atoms with Crippen LogP contribution in [0.1, 0.15) is 14.6 Å². The number of nitro groups is 1. The van der Waals surface area contributed by atoms with Crippen LogP contribution < -0.4 is 0 Å². The Morgan fingerprint density at radius 3 is 3.08 bits per heavy atom. The molecule has 70 valence electrons. The smallest absolute Gasteiger partial charge is 0.390 e. The molecule has 13 heavy (non-hydrogen) atoms. The zero-order chi connectivity index (χ0) is 12.5. The van der Waals surface area contributed by atoms with Gasteiger partial charge in [0.15, 0.2) is 5.69 Å². The van der Waals surface area contributed by atoms with E-state index in [1.807, 2.05) is 0 Å². The third-order valence-electron chi connectivity index (χ3n) is 1.28. The lowest BCUT2D eigenvalue weighted by atomic mass is 10.4. The van der Waals surface area contributed by atoms with Gasteiger partial charge in [-0.05, 0) is 4.92 Å². The summed E-state index contributed by atoms with van der Waals surface area (Å²) in [4.78, 5) is 20.7. The molecule has 0 N–H and O–H groups in total. The van der Waals surface area contributed by atoms with Gasteiger partial charge in [-0.25, -0.2) is 4.79 Å². The fourth-order valence-corrected chi connectivity index (χ4v) is 0.708. The summed E-state index contributed by atoms with van der Waals surface area (Å²) < 4.78 is 25.7. The molecule has 7 heteroatoms. The summed E-state index contributed by atoms with van der Waals surface area (Å²) in [6, 6.07) is 0.748. The van der Waals surface area contributed by atoms with Gasteiger partial charge in [-0.2, -0.15) is 4.68 Å². The Hall–Kier alpha value is -1.92. The van der Waals surface area contributed by atoms with Gasteiger partial charge < -0.3 is 14.9 Å². The lowest BCUT2D eigenvalue weighted by Crippen LogP contribution is -2.07. The Morgan fingerprint density at radius 1 is 1.92 bits per heavy atom. The summed E-state index contributed by atoms with van der Waals surface area (Å²) >= 11 is 0. The van der Waals surface area contributed by atoms with Crippen molar-refractivity contribution in [3.63, 3.8) is 0 Å². The second-order valence-electron chi connectivity index (χ2n) is 2.05. The van der Waals surface area contributed by atoms with E-state index in [2.05, 4.69) is 9.84 Å². The van der Waals surface area contributed by atoms with Crippen LogP contribution in [0.2, 0.25) is 0 Å².